The molecular weight excluding hydrogens is 593 g/mol. The molecule has 3 heteroatoms. The Hall–Kier alpha value is -5.80. The predicted octanol–water partition coefficient (Wildman–Crippen LogP) is 9.11. The summed E-state index contributed by atoms with van der Waals surface area (Å²) in [5.41, 5.74) is 21.7. The van der Waals surface area contributed by atoms with Crippen LogP contribution in [0.25, 0.3) is 60.6 Å². The monoisotopic (exact) mass is 623 g/mol. The second-order valence-corrected chi connectivity index (χ2v) is 14.5. The highest BCUT2D eigenvalue weighted by atomic mass is 16.3. The van der Waals surface area contributed by atoms with E-state index in [9.17, 15) is 0 Å². The van der Waals surface area contributed by atoms with Crippen molar-refractivity contribution in [3.63, 3.8) is 0 Å². The number of aryl methyl sites for hydroxylation is 3. The molecule has 7 aromatic carbocycles. The lowest BCUT2D eigenvalue weighted by Crippen LogP contribution is -2.58. The van der Waals surface area contributed by atoms with Crippen molar-refractivity contribution in [1.82, 2.24) is 4.57 Å². The van der Waals surface area contributed by atoms with Gasteiger partial charge in [0.2, 0.25) is 6.71 Å². The number of para-hydroxylation sites is 3. The maximum atomic E-state index is 6.76. The Morgan fingerprint density at radius 3 is 1.94 bits per heavy atom. The number of rotatable bonds is 1. The fourth-order valence-electron chi connectivity index (χ4n) is 10.7. The molecule has 3 aliphatic rings. The van der Waals surface area contributed by atoms with Gasteiger partial charge in [0.1, 0.15) is 11.2 Å². The zero-order valence-corrected chi connectivity index (χ0v) is 27.6. The standard InChI is InChI=1S/C46H30BNO/c1-25-22-26(2)42(27(3)23-25)47-36-20-11-19-35-44(36)48-43-31(41-40-30-14-6-9-21-38(30)49-39(40)24-37(47)45(41)48)15-10-18-34(43)46(35)32-16-7-4-12-28(32)29-13-5-8-17-33(29)46/h4-24H,1-3H3. The third-order valence-electron chi connectivity index (χ3n) is 12.1. The number of furan rings is 1. The molecule has 0 radical (unpaired) electrons. The van der Waals surface area contributed by atoms with Gasteiger partial charge in [0.05, 0.1) is 16.4 Å². The molecule has 0 saturated carbocycles. The summed E-state index contributed by atoms with van der Waals surface area (Å²) in [5.74, 6) is 0. The molecule has 0 bridgehead atoms. The van der Waals surface area contributed by atoms with Gasteiger partial charge in [0.25, 0.3) is 0 Å². The van der Waals surface area contributed by atoms with Gasteiger partial charge in [-0.3, -0.25) is 0 Å². The molecule has 0 N–H and O–H groups in total. The summed E-state index contributed by atoms with van der Waals surface area (Å²) in [5, 5.41) is 5.00. The van der Waals surface area contributed by atoms with E-state index in [4.69, 9.17) is 4.42 Å². The summed E-state index contributed by atoms with van der Waals surface area (Å²) < 4.78 is 9.42. The first-order valence-corrected chi connectivity index (χ1v) is 17.4. The van der Waals surface area contributed by atoms with Crippen LogP contribution >= 0.6 is 0 Å². The SMILES string of the molecule is Cc1cc(C)c(B2c3cccc4c3-n3c5c(cccc5c5c6c(cc2c53)oc2ccccc26)C42c3ccccc3-c3ccccc32)c(C)c1. The predicted molar refractivity (Wildman–Crippen MR) is 204 cm³/mol. The zero-order chi connectivity index (χ0) is 32.3. The van der Waals surface area contributed by atoms with Crippen LogP contribution in [-0.2, 0) is 5.41 Å². The fraction of sp³-hybridized carbons (Fsp3) is 0.0870. The molecule has 0 amide bonds. The lowest BCUT2D eigenvalue weighted by atomic mass is 9.33. The highest BCUT2D eigenvalue weighted by molar-refractivity contribution is 6.98. The highest BCUT2D eigenvalue weighted by Gasteiger charge is 2.53. The summed E-state index contributed by atoms with van der Waals surface area (Å²) in [6.45, 7) is 6.87. The van der Waals surface area contributed by atoms with Crippen molar-refractivity contribution in [2.75, 3.05) is 0 Å². The van der Waals surface area contributed by atoms with Gasteiger partial charge in [-0.2, -0.15) is 0 Å². The fourth-order valence-corrected chi connectivity index (χ4v) is 10.7. The molecule has 1 aliphatic carbocycles. The van der Waals surface area contributed by atoms with E-state index in [1.807, 2.05) is 0 Å². The largest absolute Gasteiger partial charge is 0.456 e. The molecule has 0 atom stereocenters. The quantitative estimate of drug-likeness (QED) is 0.167. The van der Waals surface area contributed by atoms with Crippen molar-refractivity contribution in [3.8, 4) is 16.8 Å². The molecule has 4 heterocycles. The van der Waals surface area contributed by atoms with Crippen molar-refractivity contribution < 1.29 is 4.42 Å². The smallest absolute Gasteiger partial charge is 0.247 e. The minimum Gasteiger partial charge on any atom is -0.456 e. The van der Waals surface area contributed by atoms with Gasteiger partial charge in [-0.1, -0.05) is 137 Å². The number of fused-ring (bicyclic) bond motifs is 12. The molecule has 0 fully saturated rings. The van der Waals surface area contributed by atoms with Crippen LogP contribution in [0.4, 0.5) is 0 Å². The summed E-state index contributed by atoms with van der Waals surface area (Å²) in [4.78, 5) is 0. The topological polar surface area (TPSA) is 18.1 Å². The van der Waals surface area contributed by atoms with E-state index in [1.54, 1.807) is 0 Å². The van der Waals surface area contributed by atoms with E-state index < -0.39 is 5.41 Å². The van der Waals surface area contributed by atoms with Crippen molar-refractivity contribution in [3.05, 3.63) is 166 Å². The number of nitrogens with zero attached hydrogens (tertiary/aromatic N) is 1. The Morgan fingerprint density at radius 2 is 1.16 bits per heavy atom. The van der Waals surface area contributed by atoms with E-state index in [0.29, 0.717) is 0 Å². The molecule has 49 heavy (non-hydrogen) atoms. The summed E-state index contributed by atoms with van der Waals surface area (Å²) >= 11 is 0. The van der Waals surface area contributed by atoms with Gasteiger partial charge in [-0.15, -0.1) is 0 Å². The number of aromatic nitrogens is 1. The molecule has 9 aromatic rings. The van der Waals surface area contributed by atoms with Gasteiger partial charge in [0.15, 0.2) is 0 Å². The minimum atomic E-state index is -0.445. The Morgan fingerprint density at radius 1 is 0.531 bits per heavy atom. The molecule has 2 nitrogen and oxygen atoms in total. The van der Waals surface area contributed by atoms with Gasteiger partial charge in [0, 0.05) is 27.2 Å². The van der Waals surface area contributed by atoms with E-state index in [-0.39, 0.29) is 6.71 Å². The maximum Gasteiger partial charge on any atom is 0.247 e. The molecular formula is C46H30BNO. The summed E-state index contributed by atoms with van der Waals surface area (Å²) in [7, 11) is 0. The molecule has 0 unspecified atom stereocenters. The molecule has 228 valence electrons. The normalized spacial score (nSPS) is 14.6. The first-order valence-electron chi connectivity index (χ1n) is 17.4. The molecule has 12 rings (SSSR count). The van der Waals surface area contributed by atoms with Gasteiger partial charge in [-0.25, -0.2) is 0 Å². The number of hydrogen-bond donors (Lipinski definition) is 0. The Labute approximate surface area is 284 Å². The zero-order valence-electron chi connectivity index (χ0n) is 27.6. The van der Waals surface area contributed by atoms with Crippen LogP contribution in [0.5, 0.6) is 0 Å². The van der Waals surface area contributed by atoms with E-state index in [1.165, 1.54) is 105 Å². The number of benzene rings is 7. The third kappa shape index (κ3) is 2.83. The lowest BCUT2D eigenvalue weighted by molar-refractivity contribution is 0.669. The van der Waals surface area contributed by atoms with Crippen LogP contribution in [0.15, 0.2) is 132 Å². The first-order chi connectivity index (χ1) is 24.1. The van der Waals surface area contributed by atoms with E-state index in [0.717, 1.165) is 11.2 Å². The van der Waals surface area contributed by atoms with Crippen LogP contribution in [-0.4, -0.2) is 11.3 Å². The molecule has 1 spiro atoms. The van der Waals surface area contributed by atoms with Crippen molar-refractivity contribution in [2.45, 2.75) is 26.2 Å². The molecule has 0 saturated heterocycles. The van der Waals surface area contributed by atoms with Crippen molar-refractivity contribution in [1.29, 1.82) is 0 Å². The van der Waals surface area contributed by atoms with E-state index in [2.05, 4.69) is 153 Å². The second kappa shape index (κ2) is 8.61. The Kier molecular flexibility index (Phi) is 4.60. The van der Waals surface area contributed by atoms with Crippen LogP contribution in [0, 0.1) is 20.8 Å². The first kappa shape index (κ1) is 26.2. The Bertz CT molecular complexity index is 2920. The third-order valence-corrected chi connectivity index (χ3v) is 12.1. The van der Waals surface area contributed by atoms with Crippen molar-refractivity contribution >= 4 is 66.8 Å². The molecule has 2 aromatic heterocycles. The maximum absolute atomic E-state index is 6.76. The second-order valence-electron chi connectivity index (χ2n) is 14.5. The van der Waals surface area contributed by atoms with E-state index >= 15 is 0 Å². The summed E-state index contributed by atoms with van der Waals surface area (Å²) in [6.07, 6.45) is 0. The van der Waals surface area contributed by atoms with Gasteiger partial charge < -0.3 is 8.98 Å². The average molecular weight is 624 g/mol. The van der Waals surface area contributed by atoms with Gasteiger partial charge >= 0.3 is 0 Å². The molecule has 2 aliphatic heterocycles. The van der Waals surface area contributed by atoms with Crippen LogP contribution in [0.1, 0.15) is 38.9 Å². The number of hydrogen-bond acceptors (Lipinski definition) is 1. The average Bonchev–Trinajstić information content (AvgIpc) is 3.76. The van der Waals surface area contributed by atoms with Crippen molar-refractivity contribution in [2.24, 2.45) is 0 Å². The summed E-state index contributed by atoms with van der Waals surface area (Å²) in [6, 6.07) is 48.1. The lowest BCUT2D eigenvalue weighted by Gasteiger charge is -2.42. The Balaban J connectivity index is 1.39. The van der Waals surface area contributed by atoms with Gasteiger partial charge in [-0.05, 0) is 77.2 Å². The van der Waals surface area contributed by atoms with Crippen LogP contribution < -0.4 is 16.4 Å². The highest BCUT2D eigenvalue weighted by Crippen LogP contribution is 2.61. The van der Waals surface area contributed by atoms with Crippen LogP contribution in [0.2, 0.25) is 0 Å². The van der Waals surface area contributed by atoms with Crippen LogP contribution in [0.3, 0.4) is 0 Å². The minimum absolute atomic E-state index is 0.0537.